The average molecular weight is 439 g/mol. The number of halogens is 1. The van der Waals surface area contributed by atoms with Crippen molar-refractivity contribution in [1.29, 1.82) is 0 Å². The lowest BCUT2D eigenvalue weighted by molar-refractivity contribution is -0.384. The Morgan fingerprint density at radius 2 is 2.03 bits per heavy atom. The average Bonchev–Trinajstić information content (AvgIpc) is 3.30. The minimum Gasteiger partial charge on any atom is -0.379 e. The van der Waals surface area contributed by atoms with Crippen molar-refractivity contribution >= 4 is 39.8 Å². The summed E-state index contributed by atoms with van der Waals surface area (Å²) in [6.45, 7) is 0.429. The van der Waals surface area contributed by atoms with Crippen LogP contribution < -0.4 is 5.32 Å². The minimum atomic E-state index is -0.505. The van der Waals surface area contributed by atoms with Crippen LogP contribution in [0.4, 0.5) is 11.4 Å². The summed E-state index contributed by atoms with van der Waals surface area (Å²) in [5, 5.41) is 15.3. The van der Waals surface area contributed by atoms with E-state index in [1.807, 2.05) is 23.7 Å². The first-order valence-corrected chi connectivity index (χ1v) is 9.88. The molecule has 0 fully saturated rings. The first kappa shape index (κ1) is 20.5. The summed E-state index contributed by atoms with van der Waals surface area (Å²) in [5.41, 5.74) is 2.13. The number of nitro groups is 1. The summed E-state index contributed by atoms with van der Waals surface area (Å²) < 4.78 is 3.54. The van der Waals surface area contributed by atoms with Crippen molar-refractivity contribution in [1.82, 2.24) is 19.1 Å². The predicted molar refractivity (Wildman–Crippen MR) is 118 cm³/mol. The standard InChI is InChI=1S/C21H19ClN6O3/c1-26-10-9-24-21(26)20(29)13-3-5-15(18(11-13)28(30)31)23-8-7-19-25-16-12-14(22)4-6-17(16)27(19)2/h3-6,9-12,23H,7-8H2,1-2H3. The van der Waals surface area contributed by atoms with E-state index in [9.17, 15) is 14.9 Å². The molecule has 4 aromatic rings. The molecule has 0 bridgehead atoms. The van der Waals surface area contributed by atoms with Gasteiger partial charge in [0.2, 0.25) is 5.78 Å². The van der Waals surface area contributed by atoms with Gasteiger partial charge >= 0.3 is 0 Å². The number of aromatic nitrogens is 4. The summed E-state index contributed by atoms with van der Waals surface area (Å²) in [7, 11) is 3.61. The van der Waals surface area contributed by atoms with E-state index in [2.05, 4.69) is 15.3 Å². The topological polar surface area (TPSA) is 108 Å². The normalized spacial score (nSPS) is 11.1. The van der Waals surface area contributed by atoms with Crippen molar-refractivity contribution in [2.45, 2.75) is 6.42 Å². The van der Waals surface area contributed by atoms with Crippen LogP contribution in [0.5, 0.6) is 0 Å². The minimum absolute atomic E-state index is 0.170. The Balaban J connectivity index is 1.52. The van der Waals surface area contributed by atoms with Crippen LogP contribution in [-0.2, 0) is 20.5 Å². The van der Waals surface area contributed by atoms with Gasteiger partial charge in [0.15, 0.2) is 5.82 Å². The molecule has 0 spiro atoms. The smallest absolute Gasteiger partial charge is 0.293 e. The Morgan fingerprint density at radius 1 is 1.23 bits per heavy atom. The highest BCUT2D eigenvalue weighted by atomic mass is 35.5. The van der Waals surface area contributed by atoms with E-state index in [0.29, 0.717) is 23.7 Å². The van der Waals surface area contributed by atoms with E-state index in [4.69, 9.17) is 11.6 Å². The molecule has 10 heteroatoms. The van der Waals surface area contributed by atoms with Gasteiger partial charge in [0.05, 0.1) is 16.0 Å². The van der Waals surface area contributed by atoms with Gasteiger partial charge in [-0.15, -0.1) is 0 Å². The quantitative estimate of drug-likeness (QED) is 0.267. The van der Waals surface area contributed by atoms with Crippen LogP contribution in [0.1, 0.15) is 22.0 Å². The van der Waals surface area contributed by atoms with Gasteiger partial charge in [-0.3, -0.25) is 14.9 Å². The Bertz CT molecular complexity index is 1310. The maximum absolute atomic E-state index is 12.6. The van der Waals surface area contributed by atoms with Crippen molar-refractivity contribution in [3.05, 3.63) is 81.1 Å². The Morgan fingerprint density at radius 3 is 2.74 bits per heavy atom. The van der Waals surface area contributed by atoms with Crippen molar-refractivity contribution in [3.63, 3.8) is 0 Å². The van der Waals surface area contributed by atoms with E-state index in [1.165, 1.54) is 12.3 Å². The molecule has 31 heavy (non-hydrogen) atoms. The van der Waals surface area contributed by atoms with Gasteiger partial charge in [-0.1, -0.05) is 11.6 Å². The lowest BCUT2D eigenvalue weighted by atomic mass is 10.1. The summed E-state index contributed by atoms with van der Waals surface area (Å²) in [4.78, 5) is 32.3. The lowest BCUT2D eigenvalue weighted by Gasteiger charge is -2.09. The van der Waals surface area contributed by atoms with E-state index in [0.717, 1.165) is 16.9 Å². The highest BCUT2D eigenvalue weighted by molar-refractivity contribution is 6.31. The number of hydrogen-bond acceptors (Lipinski definition) is 6. The molecule has 0 saturated heterocycles. The molecule has 9 nitrogen and oxygen atoms in total. The zero-order chi connectivity index (χ0) is 22.1. The number of aryl methyl sites for hydroxylation is 2. The van der Waals surface area contributed by atoms with E-state index < -0.39 is 4.92 Å². The molecule has 0 aliphatic rings. The second-order valence-electron chi connectivity index (χ2n) is 7.08. The van der Waals surface area contributed by atoms with Gasteiger partial charge in [0.1, 0.15) is 11.5 Å². The van der Waals surface area contributed by atoms with E-state index >= 15 is 0 Å². The number of ketones is 1. The van der Waals surface area contributed by atoms with Crippen LogP contribution in [-0.4, -0.2) is 36.4 Å². The summed E-state index contributed by atoms with van der Waals surface area (Å²) in [6.07, 6.45) is 3.70. The largest absolute Gasteiger partial charge is 0.379 e. The molecule has 0 amide bonds. The first-order chi connectivity index (χ1) is 14.8. The summed E-state index contributed by atoms with van der Waals surface area (Å²) in [5.74, 6) is 0.673. The number of carbonyl (C=O) groups is 1. The molecule has 0 aliphatic carbocycles. The van der Waals surface area contributed by atoms with Crippen LogP contribution >= 0.6 is 11.6 Å². The summed E-state index contributed by atoms with van der Waals surface area (Å²) in [6, 6.07) is 9.90. The van der Waals surface area contributed by atoms with Crippen molar-refractivity contribution < 1.29 is 9.72 Å². The fourth-order valence-corrected chi connectivity index (χ4v) is 3.61. The van der Waals surface area contributed by atoms with Gasteiger partial charge in [0.25, 0.3) is 5.69 Å². The number of imidazole rings is 2. The van der Waals surface area contributed by atoms with Crippen LogP contribution in [0.15, 0.2) is 48.8 Å². The number of nitrogens with one attached hydrogen (secondary N) is 1. The molecule has 0 atom stereocenters. The SMILES string of the molecule is Cn1ccnc1C(=O)c1ccc(NCCc2nc3cc(Cl)ccc3n2C)c([N+](=O)[O-])c1. The molecule has 4 rings (SSSR count). The number of nitrogens with zero attached hydrogens (tertiary/aromatic N) is 5. The molecule has 0 aliphatic heterocycles. The lowest BCUT2D eigenvalue weighted by Crippen LogP contribution is -2.12. The Kier molecular flexibility index (Phi) is 5.43. The van der Waals surface area contributed by atoms with Gasteiger partial charge in [-0.2, -0.15) is 0 Å². The van der Waals surface area contributed by atoms with Crippen molar-refractivity contribution in [2.75, 3.05) is 11.9 Å². The fourth-order valence-electron chi connectivity index (χ4n) is 3.44. The van der Waals surface area contributed by atoms with Crippen LogP contribution in [0.2, 0.25) is 5.02 Å². The van der Waals surface area contributed by atoms with Gasteiger partial charge in [-0.25, -0.2) is 9.97 Å². The number of anilines is 1. The molecule has 2 aromatic carbocycles. The molecule has 1 N–H and O–H groups in total. The highest BCUT2D eigenvalue weighted by Crippen LogP contribution is 2.27. The zero-order valence-corrected chi connectivity index (χ0v) is 17.6. The second-order valence-corrected chi connectivity index (χ2v) is 7.51. The molecule has 2 aromatic heterocycles. The maximum Gasteiger partial charge on any atom is 0.293 e. The number of carbonyl (C=O) groups excluding carboxylic acids is 1. The fraction of sp³-hybridized carbons (Fsp3) is 0.190. The highest BCUT2D eigenvalue weighted by Gasteiger charge is 2.20. The van der Waals surface area contributed by atoms with Crippen LogP contribution in [0, 0.1) is 10.1 Å². The first-order valence-electron chi connectivity index (χ1n) is 9.50. The Labute approximate surface area is 182 Å². The maximum atomic E-state index is 12.6. The van der Waals surface area contributed by atoms with Crippen LogP contribution in [0.25, 0.3) is 11.0 Å². The monoisotopic (exact) mass is 438 g/mol. The number of hydrogen-bond donors (Lipinski definition) is 1. The molecule has 0 radical (unpaired) electrons. The third-order valence-corrected chi connectivity index (χ3v) is 5.32. The Hall–Kier alpha value is -3.72. The van der Waals surface area contributed by atoms with E-state index in [1.54, 1.807) is 36.0 Å². The zero-order valence-electron chi connectivity index (χ0n) is 16.9. The predicted octanol–water partition coefficient (Wildman–Crippen LogP) is 3.75. The van der Waals surface area contributed by atoms with Crippen molar-refractivity contribution in [2.24, 2.45) is 14.1 Å². The number of rotatable bonds is 7. The third-order valence-electron chi connectivity index (χ3n) is 5.08. The van der Waals surface area contributed by atoms with Gasteiger partial charge in [-0.05, 0) is 30.3 Å². The van der Waals surface area contributed by atoms with Crippen molar-refractivity contribution in [3.8, 4) is 0 Å². The molecule has 158 valence electrons. The molecule has 0 saturated carbocycles. The number of fused-ring (bicyclic) bond motifs is 1. The summed E-state index contributed by atoms with van der Waals surface area (Å²) >= 11 is 6.03. The van der Waals surface area contributed by atoms with Crippen LogP contribution in [0.3, 0.4) is 0 Å². The number of benzene rings is 2. The molecular weight excluding hydrogens is 420 g/mol. The van der Waals surface area contributed by atoms with Gasteiger partial charge < -0.3 is 14.5 Å². The third kappa shape index (κ3) is 3.99. The molecular formula is C21H19ClN6O3. The van der Waals surface area contributed by atoms with E-state index in [-0.39, 0.29) is 22.9 Å². The van der Waals surface area contributed by atoms with Gasteiger partial charge in [0, 0.05) is 56.1 Å². The second kappa shape index (κ2) is 8.19. The molecule has 2 heterocycles. The molecule has 0 unspecified atom stereocenters. The number of nitro benzene ring substituents is 1.